The number of nitrogens with zero attached hydrogens (tertiary/aromatic N) is 2. The molecule has 29 heavy (non-hydrogen) atoms. The molecular formula is C21H21ClN4O2S. The first kappa shape index (κ1) is 21.1. The first-order chi connectivity index (χ1) is 13.8. The minimum Gasteiger partial charge on any atom is -0.326 e. The molecule has 1 heterocycles. The van der Waals surface area contributed by atoms with Crippen molar-refractivity contribution < 1.29 is 9.59 Å². The van der Waals surface area contributed by atoms with Gasteiger partial charge in [-0.3, -0.25) is 9.59 Å². The fraction of sp³-hybridized carbons (Fsp3) is 0.238. The molecule has 0 spiro atoms. The Kier molecular flexibility index (Phi) is 6.71. The van der Waals surface area contributed by atoms with Gasteiger partial charge in [-0.2, -0.15) is 5.10 Å². The molecule has 2 aromatic rings. The third kappa shape index (κ3) is 5.46. The van der Waals surface area contributed by atoms with Gasteiger partial charge in [-0.1, -0.05) is 47.6 Å². The van der Waals surface area contributed by atoms with Crippen molar-refractivity contribution in [1.82, 2.24) is 5.32 Å². The minimum absolute atomic E-state index is 0.0583. The van der Waals surface area contributed by atoms with E-state index in [0.29, 0.717) is 15.9 Å². The lowest BCUT2D eigenvalue weighted by Crippen LogP contribution is -2.28. The zero-order valence-electron chi connectivity index (χ0n) is 16.3. The minimum atomic E-state index is -0.537. The average Bonchev–Trinajstić information content (AvgIpc) is 3.03. The second-order valence-electron chi connectivity index (χ2n) is 6.69. The lowest BCUT2D eigenvalue weighted by atomic mass is 10.1. The second-order valence-corrected chi connectivity index (χ2v) is 8.32. The smallest absolute Gasteiger partial charge is 0.240 e. The van der Waals surface area contributed by atoms with E-state index in [1.54, 1.807) is 12.1 Å². The predicted molar refractivity (Wildman–Crippen MR) is 120 cm³/mol. The summed E-state index contributed by atoms with van der Waals surface area (Å²) in [6.45, 7) is 5.76. The third-order valence-corrected chi connectivity index (χ3v) is 5.90. The Morgan fingerprint density at radius 2 is 1.93 bits per heavy atom. The molecule has 1 atom stereocenters. The number of carbonyl (C=O) groups is 2. The molecule has 1 fully saturated rings. The molecule has 3 rings (SSSR count). The normalized spacial score (nSPS) is 18.1. The first-order valence-corrected chi connectivity index (χ1v) is 10.3. The van der Waals surface area contributed by atoms with Crippen molar-refractivity contribution in [3.8, 4) is 0 Å². The molecule has 1 saturated heterocycles. The largest absolute Gasteiger partial charge is 0.326 e. The van der Waals surface area contributed by atoms with Crippen LogP contribution in [0.3, 0.4) is 0 Å². The number of anilines is 1. The number of hydrogen-bond donors (Lipinski definition) is 2. The number of benzene rings is 2. The number of thioether (sulfide) groups is 1. The summed E-state index contributed by atoms with van der Waals surface area (Å²) in [4.78, 5) is 24.6. The molecule has 0 aliphatic carbocycles. The summed E-state index contributed by atoms with van der Waals surface area (Å²) >= 11 is 7.09. The molecule has 150 valence electrons. The highest BCUT2D eigenvalue weighted by atomic mass is 35.5. The Bertz CT molecular complexity index is 1000. The van der Waals surface area contributed by atoms with Gasteiger partial charge in [-0.15, -0.1) is 5.10 Å². The van der Waals surface area contributed by atoms with Gasteiger partial charge in [0.25, 0.3) is 0 Å². The van der Waals surface area contributed by atoms with Crippen LogP contribution in [0.5, 0.6) is 0 Å². The number of nitrogens with one attached hydrogen (secondary N) is 2. The Labute approximate surface area is 178 Å². The molecule has 6 nitrogen and oxygen atoms in total. The van der Waals surface area contributed by atoms with Crippen molar-refractivity contribution in [2.75, 3.05) is 5.32 Å². The van der Waals surface area contributed by atoms with Gasteiger partial charge in [0, 0.05) is 17.1 Å². The van der Waals surface area contributed by atoms with Crippen LogP contribution in [-0.2, 0) is 9.59 Å². The predicted octanol–water partition coefficient (Wildman–Crippen LogP) is 4.30. The Hall–Kier alpha value is -2.64. The zero-order chi connectivity index (χ0) is 21.0. The van der Waals surface area contributed by atoms with E-state index in [9.17, 15) is 9.59 Å². The first-order valence-electron chi connectivity index (χ1n) is 9.05. The van der Waals surface area contributed by atoms with E-state index in [1.807, 2.05) is 51.1 Å². The van der Waals surface area contributed by atoms with Crippen LogP contribution in [0.4, 0.5) is 5.69 Å². The van der Waals surface area contributed by atoms with Gasteiger partial charge in [-0.25, -0.2) is 0 Å². The lowest BCUT2D eigenvalue weighted by Gasteiger charge is -2.11. The summed E-state index contributed by atoms with van der Waals surface area (Å²) in [6, 6.07) is 13.0. The summed E-state index contributed by atoms with van der Waals surface area (Å²) in [5.41, 5.74) is 4.45. The molecule has 8 heteroatoms. The average molecular weight is 429 g/mol. The maximum absolute atomic E-state index is 12.4. The Morgan fingerprint density at radius 3 is 2.66 bits per heavy atom. The molecule has 0 radical (unpaired) electrons. The maximum atomic E-state index is 12.4. The van der Waals surface area contributed by atoms with Crippen LogP contribution in [-0.4, -0.2) is 27.9 Å². The molecule has 2 aromatic carbocycles. The fourth-order valence-electron chi connectivity index (χ4n) is 2.71. The molecule has 1 aliphatic rings. The number of halogens is 1. The van der Waals surface area contributed by atoms with E-state index in [-0.39, 0.29) is 18.2 Å². The van der Waals surface area contributed by atoms with E-state index < -0.39 is 5.25 Å². The van der Waals surface area contributed by atoms with Gasteiger partial charge < -0.3 is 10.6 Å². The van der Waals surface area contributed by atoms with Gasteiger partial charge in [0.1, 0.15) is 5.25 Å². The molecule has 0 unspecified atom stereocenters. The van der Waals surface area contributed by atoms with Gasteiger partial charge in [0.2, 0.25) is 11.8 Å². The highest BCUT2D eigenvalue weighted by molar-refractivity contribution is 8.15. The summed E-state index contributed by atoms with van der Waals surface area (Å²) in [5, 5.41) is 14.3. The molecular weight excluding hydrogens is 408 g/mol. The van der Waals surface area contributed by atoms with Crippen LogP contribution < -0.4 is 10.6 Å². The lowest BCUT2D eigenvalue weighted by molar-refractivity contribution is -0.122. The third-order valence-electron chi connectivity index (χ3n) is 4.58. The SMILES string of the molecule is C/C(=N/N=C1\NC(=O)[C@H](CC(=O)Nc2cccc(C)c2C)S1)c1ccc(Cl)cc1. The van der Waals surface area contributed by atoms with Crippen molar-refractivity contribution in [2.45, 2.75) is 32.4 Å². The quantitative estimate of drug-likeness (QED) is 0.550. The maximum Gasteiger partial charge on any atom is 0.240 e. The van der Waals surface area contributed by atoms with Gasteiger partial charge in [0.15, 0.2) is 5.17 Å². The van der Waals surface area contributed by atoms with Gasteiger partial charge in [0.05, 0.1) is 5.71 Å². The van der Waals surface area contributed by atoms with Crippen LogP contribution in [0.2, 0.25) is 5.02 Å². The van der Waals surface area contributed by atoms with Crippen molar-refractivity contribution in [1.29, 1.82) is 0 Å². The Balaban J connectivity index is 1.61. The number of aryl methyl sites for hydroxylation is 1. The van der Waals surface area contributed by atoms with Crippen LogP contribution in [0, 0.1) is 13.8 Å². The highest BCUT2D eigenvalue weighted by Gasteiger charge is 2.32. The molecule has 0 aromatic heterocycles. The van der Waals surface area contributed by atoms with E-state index in [4.69, 9.17) is 11.6 Å². The number of amides is 2. The van der Waals surface area contributed by atoms with Crippen molar-refractivity contribution in [3.05, 3.63) is 64.2 Å². The zero-order valence-corrected chi connectivity index (χ0v) is 17.9. The van der Waals surface area contributed by atoms with Gasteiger partial charge >= 0.3 is 0 Å². The standard InChI is InChI=1S/C21H21ClN4O2S/c1-12-5-4-6-17(13(12)2)23-19(27)11-18-20(28)24-21(29-18)26-25-14(3)15-7-9-16(22)10-8-15/h4-10,18H,11H2,1-3H3,(H,23,27)(H,24,26,28)/b25-14-/t18-/m0/s1. The Morgan fingerprint density at radius 1 is 1.21 bits per heavy atom. The van der Waals surface area contributed by atoms with Crippen molar-refractivity contribution in [2.24, 2.45) is 10.2 Å². The topological polar surface area (TPSA) is 82.9 Å². The van der Waals surface area contributed by atoms with Crippen molar-refractivity contribution >= 4 is 51.7 Å². The number of rotatable bonds is 5. The van der Waals surface area contributed by atoms with E-state index in [2.05, 4.69) is 20.8 Å². The second kappa shape index (κ2) is 9.24. The molecule has 1 aliphatic heterocycles. The van der Waals surface area contributed by atoms with Crippen LogP contribution in [0.1, 0.15) is 30.0 Å². The van der Waals surface area contributed by atoms with Crippen LogP contribution in [0.15, 0.2) is 52.7 Å². The van der Waals surface area contributed by atoms with Crippen molar-refractivity contribution in [3.63, 3.8) is 0 Å². The van der Waals surface area contributed by atoms with Crippen LogP contribution >= 0.6 is 23.4 Å². The van der Waals surface area contributed by atoms with Gasteiger partial charge in [-0.05, 0) is 55.7 Å². The molecule has 2 N–H and O–H groups in total. The van der Waals surface area contributed by atoms with Crippen LogP contribution in [0.25, 0.3) is 0 Å². The molecule has 0 saturated carbocycles. The van der Waals surface area contributed by atoms with E-state index >= 15 is 0 Å². The van der Waals surface area contributed by atoms with E-state index in [0.717, 1.165) is 22.4 Å². The fourth-order valence-corrected chi connectivity index (χ4v) is 3.76. The summed E-state index contributed by atoms with van der Waals surface area (Å²) in [5.74, 6) is -0.461. The number of carbonyl (C=O) groups excluding carboxylic acids is 2. The highest BCUT2D eigenvalue weighted by Crippen LogP contribution is 2.24. The summed E-state index contributed by atoms with van der Waals surface area (Å²) in [6.07, 6.45) is 0.0583. The van der Waals surface area contributed by atoms with E-state index in [1.165, 1.54) is 11.8 Å². The summed E-state index contributed by atoms with van der Waals surface area (Å²) in [7, 11) is 0. The number of amidine groups is 1. The number of hydrogen-bond acceptors (Lipinski definition) is 5. The monoisotopic (exact) mass is 428 g/mol. The molecule has 2 amide bonds. The molecule has 0 bridgehead atoms. The summed E-state index contributed by atoms with van der Waals surface area (Å²) < 4.78 is 0.